The number of nitrogens with zero attached hydrogens (tertiary/aromatic N) is 1. The number of hydrogen-bond donors (Lipinski definition) is 1. The van der Waals surface area contributed by atoms with Gasteiger partial charge in [0.1, 0.15) is 18.1 Å². The number of ether oxygens (including phenoxy) is 3. The Bertz CT molecular complexity index is 1030. The molecule has 0 spiro atoms. The molecular formula is C24H25ClN2O6S. The molecule has 180 valence electrons. The van der Waals surface area contributed by atoms with Crippen LogP contribution in [0.5, 0.6) is 11.5 Å². The predicted molar refractivity (Wildman–Crippen MR) is 129 cm³/mol. The number of benzene rings is 2. The summed E-state index contributed by atoms with van der Waals surface area (Å²) in [6.45, 7) is 1.89. The third-order valence-corrected chi connectivity index (χ3v) is 6.60. The van der Waals surface area contributed by atoms with Gasteiger partial charge >= 0.3 is 6.09 Å². The maximum absolute atomic E-state index is 12.1. The summed E-state index contributed by atoms with van der Waals surface area (Å²) in [6.07, 6.45) is 1.44. The summed E-state index contributed by atoms with van der Waals surface area (Å²) in [5, 5.41) is 2.22. The first kappa shape index (κ1) is 24.2. The summed E-state index contributed by atoms with van der Waals surface area (Å²) in [4.78, 5) is 36.7. The second-order valence-corrected chi connectivity index (χ2v) is 9.62. The van der Waals surface area contributed by atoms with Gasteiger partial charge in [-0.05, 0) is 55.2 Å². The van der Waals surface area contributed by atoms with Crippen LogP contribution in [0, 0.1) is 0 Å². The Morgan fingerprint density at radius 2 is 1.88 bits per heavy atom. The summed E-state index contributed by atoms with van der Waals surface area (Å²) in [6, 6.07) is 14.6. The Labute approximate surface area is 206 Å². The van der Waals surface area contributed by atoms with Gasteiger partial charge in [0, 0.05) is 11.6 Å². The molecule has 0 aliphatic carbocycles. The van der Waals surface area contributed by atoms with Crippen LogP contribution in [0.2, 0.25) is 5.02 Å². The van der Waals surface area contributed by atoms with E-state index in [-0.39, 0.29) is 35.2 Å². The van der Waals surface area contributed by atoms with E-state index in [0.717, 1.165) is 35.9 Å². The van der Waals surface area contributed by atoms with Gasteiger partial charge in [-0.3, -0.25) is 14.9 Å². The molecule has 10 heteroatoms. The number of carbonyl (C=O) groups excluding carboxylic acids is 3. The molecule has 0 radical (unpaired) electrons. The fraction of sp³-hybridized carbons (Fsp3) is 0.375. The number of thioether (sulfide) groups is 1. The largest absolute Gasteiger partial charge is 0.494 e. The second kappa shape index (κ2) is 11.5. The smallest absolute Gasteiger partial charge is 0.410 e. The van der Waals surface area contributed by atoms with Gasteiger partial charge in [0.15, 0.2) is 6.10 Å². The van der Waals surface area contributed by atoms with E-state index in [2.05, 4.69) is 5.32 Å². The van der Waals surface area contributed by atoms with Crippen molar-refractivity contribution >= 4 is 40.6 Å². The highest BCUT2D eigenvalue weighted by atomic mass is 35.5. The maximum atomic E-state index is 12.1. The lowest BCUT2D eigenvalue weighted by Gasteiger charge is -2.13. The van der Waals surface area contributed by atoms with E-state index in [1.54, 1.807) is 23.1 Å². The summed E-state index contributed by atoms with van der Waals surface area (Å²) in [7, 11) is 0. The second-order valence-electron chi connectivity index (χ2n) is 8.01. The molecule has 2 aromatic rings. The average molecular weight is 505 g/mol. The normalized spacial score (nSPS) is 19.8. The Morgan fingerprint density at radius 3 is 2.62 bits per heavy atom. The van der Waals surface area contributed by atoms with Crippen molar-refractivity contribution < 1.29 is 28.6 Å². The fourth-order valence-corrected chi connectivity index (χ4v) is 4.69. The molecule has 0 saturated carbocycles. The average Bonchev–Trinajstić information content (AvgIpc) is 3.33. The van der Waals surface area contributed by atoms with E-state index in [9.17, 15) is 14.4 Å². The van der Waals surface area contributed by atoms with E-state index in [0.29, 0.717) is 36.9 Å². The molecule has 0 bridgehead atoms. The number of hydrogen-bond acceptors (Lipinski definition) is 7. The number of nitrogens with one attached hydrogen (secondary N) is 1. The Morgan fingerprint density at radius 1 is 1.06 bits per heavy atom. The highest BCUT2D eigenvalue weighted by molar-refractivity contribution is 8.15. The van der Waals surface area contributed by atoms with Crippen LogP contribution < -0.4 is 14.8 Å². The third kappa shape index (κ3) is 6.80. The molecule has 2 unspecified atom stereocenters. The molecule has 8 nitrogen and oxygen atoms in total. The SMILES string of the molecule is O=C1NC(=O)C(Cc2ccc(OCCCCN3CC(COc4cccc(Cl)c4)OC3=O)cc2)S1. The minimum atomic E-state index is -0.375. The Kier molecular flexibility index (Phi) is 8.18. The number of cyclic esters (lactones) is 1. The van der Waals surface area contributed by atoms with Gasteiger partial charge in [0.2, 0.25) is 5.91 Å². The van der Waals surface area contributed by atoms with E-state index in [4.69, 9.17) is 25.8 Å². The molecule has 2 saturated heterocycles. The van der Waals surface area contributed by atoms with Crippen LogP contribution in [0.3, 0.4) is 0 Å². The molecule has 34 heavy (non-hydrogen) atoms. The Balaban J connectivity index is 1.11. The summed E-state index contributed by atoms with van der Waals surface area (Å²) >= 11 is 6.97. The number of imide groups is 1. The monoisotopic (exact) mass is 504 g/mol. The molecule has 2 fully saturated rings. The van der Waals surface area contributed by atoms with Crippen LogP contribution in [0.15, 0.2) is 48.5 Å². The van der Waals surface area contributed by atoms with Gasteiger partial charge in [-0.25, -0.2) is 4.79 Å². The number of carbonyl (C=O) groups is 3. The van der Waals surface area contributed by atoms with Crippen molar-refractivity contribution in [3.8, 4) is 11.5 Å². The molecule has 3 amide bonds. The molecular weight excluding hydrogens is 480 g/mol. The Hall–Kier alpha value is -2.91. The molecule has 2 atom stereocenters. The first-order valence-corrected chi connectivity index (χ1v) is 12.3. The molecule has 2 aliphatic rings. The van der Waals surface area contributed by atoms with Crippen LogP contribution in [0.25, 0.3) is 0 Å². The number of rotatable bonds is 11. The third-order valence-electron chi connectivity index (χ3n) is 5.38. The van der Waals surface area contributed by atoms with Gasteiger partial charge in [-0.1, -0.05) is 41.6 Å². The van der Waals surface area contributed by atoms with Gasteiger partial charge in [-0.15, -0.1) is 0 Å². The number of unbranched alkanes of at least 4 members (excludes halogenated alkanes) is 1. The topological polar surface area (TPSA) is 94.2 Å². The van der Waals surface area contributed by atoms with Crippen molar-refractivity contribution in [3.05, 3.63) is 59.1 Å². The molecule has 1 N–H and O–H groups in total. The van der Waals surface area contributed by atoms with E-state index in [1.165, 1.54) is 0 Å². The molecule has 2 aliphatic heterocycles. The standard InChI is InChI=1S/C24H25ClN2O6S/c25-17-4-3-5-19(13-17)32-15-20-14-27(24(30)33-20)10-1-2-11-31-18-8-6-16(7-9-18)12-21-22(28)26-23(29)34-21/h3-9,13,20-21H,1-2,10-12,14-15H2,(H,26,28,29). The van der Waals surface area contributed by atoms with Gasteiger partial charge < -0.3 is 19.1 Å². The van der Waals surface area contributed by atoms with E-state index in [1.807, 2.05) is 30.3 Å². The highest BCUT2D eigenvalue weighted by Gasteiger charge is 2.32. The maximum Gasteiger partial charge on any atom is 0.410 e. The zero-order valence-electron chi connectivity index (χ0n) is 18.4. The lowest BCUT2D eigenvalue weighted by Crippen LogP contribution is -2.28. The van der Waals surface area contributed by atoms with Crippen LogP contribution in [-0.2, 0) is 16.0 Å². The number of amides is 3. The highest BCUT2D eigenvalue weighted by Crippen LogP contribution is 2.24. The van der Waals surface area contributed by atoms with E-state index < -0.39 is 0 Å². The van der Waals surface area contributed by atoms with Crippen LogP contribution in [-0.4, -0.2) is 59.8 Å². The van der Waals surface area contributed by atoms with Crippen molar-refractivity contribution in [2.75, 3.05) is 26.3 Å². The summed E-state index contributed by atoms with van der Waals surface area (Å²) in [5.74, 6) is 1.14. The minimum Gasteiger partial charge on any atom is -0.494 e. The fourth-order valence-electron chi connectivity index (χ4n) is 3.65. The van der Waals surface area contributed by atoms with Crippen molar-refractivity contribution in [1.82, 2.24) is 10.2 Å². The number of halogens is 1. The van der Waals surface area contributed by atoms with Crippen molar-refractivity contribution in [1.29, 1.82) is 0 Å². The molecule has 2 heterocycles. The first-order chi connectivity index (χ1) is 16.5. The van der Waals surface area contributed by atoms with E-state index >= 15 is 0 Å². The lowest BCUT2D eigenvalue weighted by molar-refractivity contribution is -0.118. The molecule has 0 aromatic heterocycles. The zero-order chi connectivity index (χ0) is 23.9. The summed E-state index contributed by atoms with van der Waals surface area (Å²) < 4.78 is 16.8. The van der Waals surface area contributed by atoms with Gasteiger partial charge in [0.05, 0.1) is 18.4 Å². The van der Waals surface area contributed by atoms with Gasteiger partial charge in [0.25, 0.3) is 5.24 Å². The van der Waals surface area contributed by atoms with Crippen molar-refractivity contribution in [2.45, 2.75) is 30.6 Å². The molecule has 2 aromatic carbocycles. The first-order valence-electron chi connectivity index (χ1n) is 11.0. The van der Waals surface area contributed by atoms with Crippen LogP contribution in [0.4, 0.5) is 9.59 Å². The van der Waals surface area contributed by atoms with Crippen molar-refractivity contribution in [3.63, 3.8) is 0 Å². The molecule has 4 rings (SSSR count). The lowest BCUT2D eigenvalue weighted by atomic mass is 10.1. The summed E-state index contributed by atoms with van der Waals surface area (Å²) in [5.41, 5.74) is 0.969. The van der Waals surface area contributed by atoms with Crippen molar-refractivity contribution in [2.24, 2.45) is 0 Å². The van der Waals surface area contributed by atoms with Gasteiger partial charge in [-0.2, -0.15) is 0 Å². The quantitative estimate of drug-likeness (QED) is 0.456. The predicted octanol–water partition coefficient (Wildman–Crippen LogP) is 4.29. The van der Waals surface area contributed by atoms with Crippen LogP contribution in [0.1, 0.15) is 18.4 Å². The van der Waals surface area contributed by atoms with Crippen LogP contribution >= 0.6 is 23.4 Å². The zero-order valence-corrected chi connectivity index (χ0v) is 20.0. The minimum absolute atomic E-state index is 0.239.